The van der Waals surface area contributed by atoms with Crippen LogP contribution in [-0.2, 0) is 29.2 Å². The van der Waals surface area contributed by atoms with E-state index in [1.54, 1.807) is 0 Å². The second-order valence-electron chi connectivity index (χ2n) is 4.01. The van der Waals surface area contributed by atoms with Crippen molar-refractivity contribution in [1.29, 1.82) is 0 Å². The Balaban J connectivity index is 2.45. The maximum absolute atomic E-state index is 11.5. The van der Waals surface area contributed by atoms with Crippen molar-refractivity contribution in [3.05, 3.63) is 22.8 Å². The predicted molar refractivity (Wildman–Crippen MR) is 60.7 cm³/mol. The smallest absolute Gasteiger partial charge is 0.151 e. The van der Waals surface area contributed by atoms with Crippen LogP contribution in [0.4, 0.5) is 0 Å². The second-order valence-corrected chi connectivity index (χ2v) is 6.31. The Morgan fingerprint density at radius 2 is 1.94 bits per heavy atom. The fourth-order valence-electron chi connectivity index (χ4n) is 1.95. The van der Waals surface area contributed by atoms with Crippen LogP contribution < -0.4 is 5.73 Å². The van der Waals surface area contributed by atoms with Crippen LogP contribution >= 0.6 is 0 Å². The minimum absolute atomic E-state index is 0.181. The van der Waals surface area contributed by atoms with E-state index in [4.69, 9.17) is 5.73 Å². The van der Waals surface area contributed by atoms with Crippen LogP contribution in [-0.4, -0.2) is 29.9 Å². The topological polar surface area (TPSA) is 85.9 Å². The van der Waals surface area contributed by atoms with E-state index in [2.05, 4.69) is 9.97 Å². The molecule has 6 heteroatoms. The molecule has 1 aliphatic rings. The molecule has 2 heterocycles. The van der Waals surface area contributed by atoms with Gasteiger partial charge in [0.25, 0.3) is 0 Å². The molecule has 1 aromatic rings. The van der Waals surface area contributed by atoms with Crippen LogP contribution in [0.1, 0.15) is 22.8 Å². The SMILES string of the molecule is Cc1nc(CN)nc2c1CCS(=O)(=O)CC2. The van der Waals surface area contributed by atoms with Gasteiger partial charge in [0, 0.05) is 17.8 Å². The maximum atomic E-state index is 11.5. The molecule has 2 rings (SSSR count). The summed E-state index contributed by atoms with van der Waals surface area (Å²) in [6.07, 6.45) is 1.00. The first-order valence-corrected chi connectivity index (χ1v) is 7.10. The van der Waals surface area contributed by atoms with Gasteiger partial charge in [0.1, 0.15) is 5.82 Å². The summed E-state index contributed by atoms with van der Waals surface area (Å²) in [5.74, 6) is 0.975. The zero-order valence-corrected chi connectivity index (χ0v) is 10.0. The molecular weight excluding hydrogens is 226 g/mol. The Morgan fingerprint density at radius 1 is 1.25 bits per heavy atom. The minimum Gasteiger partial charge on any atom is -0.324 e. The summed E-state index contributed by atoms with van der Waals surface area (Å²) in [4.78, 5) is 8.58. The lowest BCUT2D eigenvalue weighted by Crippen LogP contribution is -2.11. The van der Waals surface area contributed by atoms with Gasteiger partial charge in [-0.05, 0) is 18.9 Å². The summed E-state index contributed by atoms with van der Waals surface area (Å²) < 4.78 is 23.1. The van der Waals surface area contributed by atoms with Gasteiger partial charge in [-0.3, -0.25) is 0 Å². The number of nitrogens with zero attached hydrogens (tertiary/aromatic N) is 2. The zero-order chi connectivity index (χ0) is 11.8. The molecule has 1 aromatic heterocycles. The lowest BCUT2D eigenvalue weighted by Gasteiger charge is -2.08. The zero-order valence-electron chi connectivity index (χ0n) is 9.23. The van der Waals surface area contributed by atoms with E-state index in [0.29, 0.717) is 25.2 Å². The van der Waals surface area contributed by atoms with Crippen molar-refractivity contribution in [3.63, 3.8) is 0 Å². The molecule has 1 aliphatic heterocycles. The van der Waals surface area contributed by atoms with Gasteiger partial charge in [0.2, 0.25) is 0 Å². The van der Waals surface area contributed by atoms with Gasteiger partial charge < -0.3 is 5.73 Å². The summed E-state index contributed by atoms with van der Waals surface area (Å²) in [7, 11) is -2.92. The van der Waals surface area contributed by atoms with Crippen molar-refractivity contribution in [2.24, 2.45) is 5.73 Å². The summed E-state index contributed by atoms with van der Waals surface area (Å²) >= 11 is 0. The fraction of sp³-hybridized carbons (Fsp3) is 0.600. The van der Waals surface area contributed by atoms with Crippen molar-refractivity contribution < 1.29 is 8.42 Å². The highest BCUT2D eigenvalue weighted by Gasteiger charge is 2.21. The fourth-order valence-corrected chi connectivity index (χ4v) is 3.18. The Morgan fingerprint density at radius 3 is 2.62 bits per heavy atom. The first kappa shape index (κ1) is 11.5. The number of fused-ring (bicyclic) bond motifs is 1. The highest BCUT2D eigenvalue weighted by atomic mass is 32.2. The first-order valence-electron chi connectivity index (χ1n) is 5.27. The Bertz CT molecular complexity index is 511. The third-order valence-electron chi connectivity index (χ3n) is 2.84. The first-order chi connectivity index (χ1) is 7.52. The predicted octanol–water partition coefficient (Wildman–Crippen LogP) is -0.243. The number of aromatic nitrogens is 2. The largest absolute Gasteiger partial charge is 0.324 e. The molecule has 0 bridgehead atoms. The van der Waals surface area contributed by atoms with Crippen molar-refractivity contribution in [2.75, 3.05) is 11.5 Å². The molecule has 0 radical (unpaired) electrons. The monoisotopic (exact) mass is 241 g/mol. The van der Waals surface area contributed by atoms with Gasteiger partial charge in [-0.2, -0.15) is 0 Å². The molecule has 0 aromatic carbocycles. The number of hydrogen-bond donors (Lipinski definition) is 1. The van der Waals surface area contributed by atoms with Crippen LogP contribution in [0.5, 0.6) is 0 Å². The molecule has 16 heavy (non-hydrogen) atoms. The molecule has 5 nitrogen and oxygen atoms in total. The Hall–Kier alpha value is -1.01. The van der Waals surface area contributed by atoms with Crippen LogP contribution in [0, 0.1) is 6.92 Å². The van der Waals surface area contributed by atoms with E-state index in [9.17, 15) is 8.42 Å². The average Bonchev–Trinajstić information content (AvgIpc) is 2.38. The maximum Gasteiger partial charge on any atom is 0.151 e. The lowest BCUT2D eigenvalue weighted by atomic mass is 10.1. The molecule has 0 spiro atoms. The standard InChI is InChI=1S/C10H15N3O2S/c1-7-8-2-4-16(14,15)5-3-9(8)13-10(6-11)12-7/h2-6,11H2,1H3. The van der Waals surface area contributed by atoms with Crippen molar-refractivity contribution >= 4 is 9.84 Å². The molecular formula is C10H15N3O2S. The van der Waals surface area contributed by atoms with Crippen molar-refractivity contribution in [3.8, 4) is 0 Å². The summed E-state index contributed by atoms with van der Waals surface area (Å²) in [6, 6.07) is 0. The summed E-state index contributed by atoms with van der Waals surface area (Å²) in [5.41, 5.74) is 8.20. The lowest BCUT2D eigenvalue weighted by molar-refractivity contribution is 0.596. The molecule has 0 amide bonds. The number of hydrogen-bond acceptors (Lipinski definition) is 5. The minimum atomic E-state index is -2.92. The van der Waals surface area contributed by atoms with E-state index in [1.165, 1.54) is 0 Å². The van der Waals surface area contributed by atoms with E-state index in [-0.39, 0.29) is 11.5 Å². The highest BCUT2D eigenvalue weighted by molar-refractivity contribution is 7.91. The van der Waals surface area contributed by atoms with Crippen LogP contribution in [0.3, 0.4) is 0 Å². The van der Waals surface area contributed by atoms with E-state index in [1.807, 2.05) is 6.92 Å². The van der Waals surface area contributed by atoms with Crippen LogP contribution in [0.25, 0.3) is 0 Å². The van der Waals surface area contributed by atoms with Crippen molar-refractivity contribution in [1.82, 2.24) is 9.97 Å². The molecule has 0 unspecified atom stereocenters. The number of aryl methyl sites for hydroxylation is 2. The molecule has 0 saturated heterocycles. The van der Waals surface area contributed by atoms with Crippen molar-refractivity contribution in [2.45, 2.75) is 26.3 Å². The average molecular weight is 241 g/mol. The molecule has 0 saturated carbocycles. The number of nitrogens with two attached hydrogens (primary N) is 1. The third kappa shape index (κ3) is 2.22. The second kappa shape index (κ2) is 4.10. The summed E-state index contributed by atoms with van der Waals surface area (Å²) in [5, 5.41) is 0. The van der Waals surface area contributed by atoms with E-state index < -0.39 is 9.84 Å². The normalized spacial score (nSPS) is 18.9. The Kier molecular flexibility index (Phi) is 2.94. The quantitative estimate of drug-likeness (QED) is 0.733. The van der Waals surface area contributed by atoms with Gasteiger partial charge in [-0.15, -0.1) is 0 Å². The summed E-state index contributed by atoms with van der Waals surface area (Å²) in [6.45, 7) is 2.18. The van der Waals surface area contributed by atoms with Gasteiger partial charge in [0.05, 0.1) is 18.1 Å². The van der Waals surface area contributed by atoms with Gasteiger partial charge >= 0.3 is 0 Å². The Labute approximate surface area is 95.0 Å². The molecule has 88 valence electrons. The third-order valence-corrected chi connectivity index (χ3v) is 4.49. The van der Waals surface area contributed by atoms with Gasteiger partial charge in [0.15, 0.2) is 9.84 Å². The highest BCUT2D eigenvalue weighted by Crippen LogP contribution is 2.18. The molecule has 0 aliphatic carbocycles. The van der Waals surface area contributed by atoms with Gasteiger partial charge in [-0.25, -0.2) is 18.4 Å². The van der Waals surface area contributed by atoms with Crippen LogP contribution in [0.15, 0.2) is 0 Å². The molecule has 2 N–H and O–H groups in total. The number of rotatable bonds is 1. The molecule has 0 fully saturated rings. The van der Waals surface area contributed by atoms with E-state index >= 15 is 0 Å². The van der Waals surface area contributed by atoms with Crippen LogP contribution in [0.2, 0.25) is 0 Å². The van der Waals surface area contributed by atoms with E-state index in [0.717, 1.165) is 17.0 Å². The van der Waals surface area contributed by atoms with Gasteiger partial charge in [-0.1, -0.05) is 0 Å². The molecule has 0 atom stereocenters. The number of sulfone groups is 1.